The van der Waals surface area contributed by atoms with E-state index in [1.54, 1.807) is 16.9 Å². The number of aromatic nitrogens is 2. The second-order valence-electron chi connectivity index (χ2n) is 4.59. The molecule has 1 aliphatic rings. The van der Waals surface area contributed by atoms with Gasteiger partial charge in [0.1, 0.15) is 6.61 Å². The lowest BCUT2D eigenvalue weighted by molar-refractivity contribution is 0.0946. The van der Waals surface area contributed by atoms with Gasteiger partial charge in [-0.3, -0.25) is 9.48 Å². The molecule has 0 radical (unpaired) electrons. The number of benzene rings is 1. The highest BCUT2D eigenvalue weighted by atomic mass is 16.5. The van der Waals surface area contributed by atoms with Crippen LogP contribution in [0.4, 0.5) is 5.69 Å². The number of carbonyl (C=O) groups is 1. The number of aryl methyl sites for hydroxylation is 1. The summed E-state index contributed by atoms with van der Waals surface area (Å²) in [5.74, 6) is 0.480. The molecule has 3 rings (SSSR count). The number of nitrogens with one attached hydrogen (secondary N) is 2. The number of hydrogen-bond donors (Lipinski definition) is 2. The lowest BCUT2D eigenvalue weighted by Crippen LogP contribution is -2.26. The molecule has 1 amide bonds. The summed E-state index contributed by atoms with van der Waals surface area (Å²) in [5, 5.41) is 10.2. The van der Waals surface area contributed by atoms with E-state index in [9.17, 15) is 4.79 Å². The lowest BCUT2D eigenvalue weighted by Gasteiger charge is -2.21. The molecule has 2 N–H and O–H groups in total. The first kappa shape index (κ1) is 12.5. The van der Waals surface area contributed by atoms with Gasteiger partial charge in [0.05, 0.1) is 23.5 Å². The van der Waals surface area contributed by atoms with Crippen molar-refractivity contribution in [2.75, 3.05) is 18.5 Å². The highest BCUT2D eigenvalue weighted by Gasteiger charge is 2.18. The third-order valence-corrected chi connectivity index (χ3v) is 3.28. The van der Waals surface area contributed by atoms with Crippen LogP contribution in [-0.2, 0) is 13.6 Å². The molecule has 0 saturated carbocycles. The van der Waals surface area contributed by atoms with E-state index in [0.29, 0.717) is 24.5 Å². The second-order valence-corrected chi connectivity index (χ2v) is 4.59. The predicted molar refractivity (Wildman–Crippen MR) is 74.8 cm³/mol. The monoisotopic (exact) mass is 272 g/mol. The van der Waals surface area contributed by atoms with Gasteiger partial charge in [0, 0.05) is 19.8 Å². The zero-order chi connectivity index (χ0) is 13.9. The van der Waals surface area contributed by atoms with E-state index in [1.165, 1.54) is 0 Å². The Morgan fingerprint density at radius 1 is 1.50 bits per heavy atom. The fourth-order valence-corrected chi connectivity index (χ4v) is 2.19. The number of rotatable bonds is 3. The smallest absolute Gasteiger partial charge is 0.255 e. The predicted octanol–water partition coefficient (Wildman–Crippen LogP) is 1.15. The summed E-state index contributed by atoms with van der Waals surface area (Å²) < 4.78 is 7.33. The van der Waals surface area contributed by atoms with E-state index in [2.05, 4.69) is 15.7 Å². The summed E-state index contributed by atoms with van der Waals surface area (Å²) in [6, 6.07) is 7.40. The highest BCUT2D eigenvalue weighted by Crippen LogP contribution is 2.31. The molecule has 1 aromatic heterocycles. The second kappa shape index (κ2) is 5.24. The number of carbonyl (C=O) groups excluding carboxylic acids is 1. The maximum Gasteiger partial charge on any atom is 0.255 e. The van der Waals surface area contributed by atoms with Gasteiger partial charge in [-0.15, -0.1) is 0 Å². The Kier molecular flexibility index (Phi) is 3.28. The van der Waals surface area contributed by atoms with E-state index in [4.69, 9.17) is 4.74 Å². The van der Waals surface area contributed by atoms with Crippen molar-refractivity contribution in [1.82, 2.24) is 15.1 Å². The first-order chi connectivity index (χ1) is 9.75. The molecule has 0 bridgehead atoms. The Hall–Kier alpha value is -2.50. The van der Waals surface area contributed by atoms with Crippen LogP contribution in [0.25, 0.3) is 0 Å². The van der Waals surface area contributed by atoms with E-state index >= 15 is 0 Å². The minimum atomic E-state index is -0.147. The summed E-state index contributed by atoms with van der Waals surface area (Å²) in [6.45, 7) is 1.76. The van der Waals surface area contributed by atoms with Crippen molar-refractivity contribution in [3.8, 4) is 5.75 Å². The fourth-order valence-electron chi connectivity index (χ4n) is 2.19. The number of hydrogen-bond acceptors (Lipinski definition) is 4. The van der Waals surface area contributed by atoms with Crippen molar-refractivity contribution in [1.29, 1.82) is 0 Å². The molecule has 2 heterocycles. The molecule has 104 valence electrons. The maximum atomic E-state index is 12.3. The first-order valence-corrected chi connectivity index (χ1v) is 6.50. The number of fused-ring (bicyclic) bond motifs is 1. The Bertz CT molecular complexity index is 636. The van der Waals surface area contributed by atoms with Crippen molar-refractivity contribution in [3.05, 3.63) is 41.7 Å². The Labute approximate surface area is 116 Å². The minimum Gasteiger partial charge on any atom is -0.489 e. The normalized spacial score (nSPS) is 13.1. The SMILES string of the molecule is Cn1nccc1CNC(=O)c1cccc2c1OCCN2. The molecule has 20 heavy (non-hydrogen) atoms. The van der Waals surface area contributed by atoms with Crippen molar-refractivity contribution in [3.63, 3.8) is 0 Å². The molecule has 2 aromatic rings. The van der Waals surface area contributed by atoms with E-state index < -0.39 is 0 Å². The summed E-state index contributed by atoms with van der Waals surface area (Å²) >= 11 is 0. The summed E-state index contributed by atoms with van der Waals surface area (Å²) in [5.41, 5.74) is 2.36. The average molecular weight is 272 g/mol. The van der Waals surface area contributed by atoms with Crippen molar-refractivity contribution < 1.29 is 9.53 Å². The number of para-hydroxylation sites is 1. The Balaban J connectivity index is 1.76. The number of nitrogens with zero attached hydrogens (tertiary/aromatic N) is 2. The number of anilines is 1. The summed E-state index contributed by atoms with van der Waals surface area (Å²) in [4.78, 5) is 12.3. The molecule has 0 saturated heterocycles. The molecule has 0 aliphatic carbocycles. The lowest BCUT2D eigenvalue weighted by atomic mass is 10.1. The first-order valence-electron chi connectivity index (χ1n) is 6.50. The van der Waals surface area contributed by atoms with Crippen molar-refractivity contribution in [2.45, 2.75) is 6.54 Å². The van der Waals surface area contributed by atoms with Crippen LogP contribution >= 0.6 is 0 Å². The highest BCUT2D eigenvalue weighted by molar-refractivity contribution is 5.98. The van der Waals surface area contributed by atoms with Crippen LogP contribution in [0.5, 0.6) is 5.75 Å². The van der Waals surface area contributed by atoms with E-state index in [-0.39, 0.29) is 5.91 Å². The standard InChI is InChI=1S/C14H16N4O2/c1-18-10(5-6-17-18)9-16-14(19)11-3-2-4-12-13(11)20-8-7-15-12/h2-6,15H,7-9H2,1H3,(H,16,19). The number of ether oxygens (including phenoxy) is 1. The molecule has 0 spiro atoms. The van der Waals surface area contributed by atoms with Gasteiger partial charge < -0.3 is 15.4 Å². The molecule has 6 nitrogen and oxygen atoms in total. The quantitative estimate of drug-likeness (QED) is 0.879. The van der Waals surface area contributed by atoms with Crippen LogP contribution in [0.2, 0.25) is 0 Å². The van der Waals surface area contributed by atoms with Crippen molar-refractivity contribution in [2.24, 2.45) is 7.05 Å². The molecule has 0 fully saturated rings. The molecule has 0 atom stereocenters. The van der Waals surface area contributed by atoms with Crippen LogP contribution in [0.1, 0.15) is 16.1 Å². The van der Waals surface area contributed by atoms with Crippen LogP contribution in [0.15, 0.2) is 30.5 Å². The zero-order valence-corrected chi connectivity index (χ0v) is 11.2. The van der Waals surface area contributed by atoms with Crippen LogP contribution in [0.3, 0.4) is 0 Å². The van der Waals surface area contributed by atoms with Crippen molar-refractivity contribution >= 4 is 11.6 Å². The van der Waals surface area contributed by atoms with Gasteiger partial charge >= 0.3 is 0 Å². The van der Waals surface area contributed by atoms with Gasteiger partial charge in [-0.25, -0.2) is 0 Å². The summed E-state index contributed by atoms with van der Waals surface area (Å²) in [7, 11) is 1.85. The van der Waals surface area contributed by atoms with Crippen LogP contribution in [-0.4, -0.2) is 28.8 Å². The van der Waals surface area contributed by atoms with Crippen LogP contribution in [0, 0.1) is 0 Å². The van der Waals surface area contributed by atoms with Gasteiger partial charge in [0.2, 0.25) is 0 Å². The van der Waals surface area contributed by atoms with E-state index in [0.717, 1.165) is 17.9 Å². The third kappa shape index (κ3) is 2.32. The minimum absolute atomic E-state index is 0.147. The summed E-state index contributed by atoms with van der Waals surface area (Å²) in [6.07, 6.45) is 1.71. The third-order valence-electron chi connectivity index (χ3n) is 3.28. The fraction of sp³-hybridized carbons (Fsp3) is 0.286. The molecule has 0 unspecified atom stereocenters. The zero-order valence-electron chi connectivity index (χ0n) is 11.2. The van der Waals surface area contributed by atoms with Gasteiger partial charge in [0.15, 0.2) is 5.75 Å². The molecular weight excluding hydrogens is 256 g/mol. The molecule has 6 heteroatoms. The molecule has 1 aliphatic heterocycles. The largest absolute Gasteiger partial charge is 0.489 e. The molecular formula is C14H16N4O2. The maximum absolute atomic E-state index is 12.3. The molecule has 1 aromatic carbocycles. The number of amides is 1. The van der Waals surface area contributed by atoms with Crippen LogP contribution < -0.4 is 15.4 Å². The van der Waals surface area contributed by atoms with Gasteiger partial charge in [-0.1, -0.05) is 6.07 Å². The Morgan fingerprint density at radius 2 is 2.40 bits per heavy atom. The van der Waals surface area contributed by atoms with E-state index in [1.807, 2.05) is 25.2 Å². The van der Waals surface area contributed by atoms with Gasteiger partial charge in [-0.2, -0.15) is 5.10 Å². The topological polar surface area (TPSA) is 68.2 Å². The van der Waals surface area contributed by atoms with Gasteiger partial charge in [0.25, 0.3) is 5.91 Å². The Morgan fingerprint density at radius 3 is 3.20 bits per heavy atom. The van der Waals surface area contributed by atoms with Gasteiger partial charge in [-0.05, 0) is 18.2 Å². The average Bonchev–Trinajstić information content (AvgIpc) is 2.89.